The van der Waals surface area contributed by atoms with Crippen LogP contribution in [0.2, 0.25) is 0 Å². The molecule has 0 bridgehead atoms. The second-order valence-electron chi connectivity index (χ2n) is 4.77. The first-order valence-electron chi connectivity index (χ1n) is 6.38. The molecule has 2 aromatic carbocycles. The average molecular weight is 282 g/mol. The standard InChI is InChI=1S/C16H14N2O3/c1-11-3-6-15(18(19)20)16(7-11)21-10-14-5-4-13(9-17)8-12(14)2/h3-8H,10H2,1-2H3. The van der Waals surface area contributed by atoms with Gasteiger partial charge in [-0.3, -0.25) is 10.1 Å². The minimum absolute atomic E-state index is 0.0492. The van der Waals surface area contributed by atoms with Crippen molar-refractivity contribution in [2.45, 2.75) is 20.5 Å². The van der Waals surface area contributed by atoms with Gasteiger partial charge in [0.1, 0.15) is 6.61 Å². The quantitative estimate of drug-likeness (QED) is 0.633. The molecular formula is C16H14N2O3. The molecule has 0 amide bonds. The van der Waals surface area contributed by atoms with Gasteiger partial charge in [-0.05, 0) is 48.7 Å². The maximum absolute atomic E-state index is 11.0. The number of rotatable bonds is 4. The van der Waals surface area contributed by atoms with Crippen molar-refractivity contribution in [1.82, 2.24) is 0 Å². The van der Waals surface area contributed by atoms with Gasteiger partial charge < -0.3 is 4.74 Å². The van der Waals surface area contributed by atoms with E-state index in [1.165, 1.54) is 6.07 Å². The van der Waals surface area contributed by atoms with Crippen LogP contribution in [0.4, 0.5) is 5.69 Å². The summed E-state index contributed by atoms with van der Waals surface area (Å²) in [6.45, 7) is 3.95. The Hall–Kier alpha value is -2.87. The van der Waals surface area contributed by atoms with Crippen LogP contribution >= 0.6 is 0 Å². The first kappa shape index (κ1) is 14.5. The summed E-state index contributed by atoms with van der Waals surface area (Å²) in [4.78, 5) is 10.5. The van der Waals surface area contributed by atoms with Crippen molar-refractivity contribution in [2.24, 2.45) is 0 Å². The third-order valence-electron chi connectivity index (χ3n) is 3.17. The van der Waals surface area contributed by atoms with Gasteiger partial charge in [-0.15, -0.1) is 0 Å². The lowest BCUT2D eigenvalue weighted by atomic mass is 10.1. The van der Waals surface area contributed by atoms with Crippen LogP contribution in [-0.4, -0.2) is 4.92 Å². The average Bonchev–Trinajstić information content (AvgIpc) is 2.45. The highest BCUT2D eigenvalue weighted by molar-refractivity contribution is 5.48. The number of nitriles is 1. The van der Waals surface area contributed by atoms with Gasteiger partial charge in [0.2, 0.25) is 0 Å². The van der Waals surface area contributed by atoms with Crippen molar-refractivity contribution in [1.29, 1.82) is 5.26 Å². The summed E-state index contributed by atoms with van der Waals surface area (Å²) < 4.78 is 5.60. The van der Waals surface area contributed by atoms with Gasteiger partial charge in [-0.2, -0.15) is 5.26 Å². The Balaban J connectivity index is 2.22. The molecule has 21 heavy (non-hydrogen) atoms. The summed E-state index contributed by atoms with van der Waals surface area (Å²) >= 11 is 0. The number of nitro groups is 1. The maximum Gasteiger partial charge on any atom is 0.310 e. The first-order valence-corrected chi connectivity index (χ1v) is 6.38. The summed E-state index contributed by atoms with van der Waals surface area (Å²) in [6, 6.07) is 12.1. The number of ether oxygens (including phenoxy) is 1. The topological polar surface area (TPSA) is 76.2 Å². The lowest BCUT2D eigenvalue weighted by molar-refractivity contribution is -0.386. The highest BCUT2D eigenvalue weighted by Crippen LogP contribution is 2.28. The molecule has 0 unspecified atom stereocenters. The van der Waals surface area contributed by atoms with E-state index < -0.39 is 4.92 Å². The summed E-state index contributed by atoms with van der Waals surface area (Å²) in [5.74, 6) is 0.253. The molecule has 0 aromatic heterocycles. The van der Waals surface area contributed by atoms with Gasteiger partial charge in [0, 0.05) is 6.07 Å². The zero-order valence-electron chi connectivity index (χ0n) is 11.8. The van der Waals surface area contributed by atoms with Crippen LogP contribution in [0.3, 0.4) is 0 Å². The molecule has 0 radical (unpaired) electrons. The molecule has 0 aliphatic rings. The minimum Gasteiger partial charge on any atom is -0.482 e. The number of hydrogen-bond acceptors (Lipinski definition) is 4. The monoisotopic (exact) mass is 282 g/mol. The molecule has 0 aliphatic carbocycles. The zero-order chi connectivity index (χ0) is 15.4. The number of benzene rings is 2. The Morgan fingerprint density at radius 2 is 2.00 bits per heavy atom. The van der Waals surface area contributed by atoms with Gasteiger partial charge in [-0.1, -0.05) is 12.1 Å². The molecule has 5 nitrogen and oxygen atoms in total. The van der Waals surface area contributed by atoms with E-state index in [1.54, 1.807) is 30.3 Å². The molecule has 0 heterocycles. The highest BCUT2D eigenvalue weighted by atomic mass is 16.6. The fraction of sp³-hybridized carbons (Fsp3) is 0.188. The molecule has 0 spiro atoms. The second-order valence-corrected chi connectivity index (χ2v) is 4.77. The largest absolute Gasteiger partial charge is 0.482 e. The smallest absolute Gasteiger partial charge is 0.310 e. The van der Waals surface area contributed by atoms with E-state index in [0.29, 0.717) is 5.56 Å². The van der Waals surface area contributed by atoms with Crippen molar-refractivity contribution in [3.8, 4) is 11.8 Å². The van der Waals surface area contributed by atoms with Crippen LogP contribution < -0.4 is 4.74 Å². The summed E-state index contributed by atoms with van der Waals surface area (Å²) in [5.41, 5.74) is 3.24. The van der Waals surface area contributed by atoms with Crippen molar-refractivity contribution in [3.05, 3.63) is 68.8 Å². The van der Waals surface area contributed by atoms with Crippen LogP contribution in [0.5, 0.6) is 5.75 Å². The molecule has 0 atom stereocenters. The molecule has 0 saturated heterocycles. The Labute approximate surface area is 122 Å². The summed E-state index contributed by atoms with van der Waals surface area (Å²) in [5, 5.41) is 19.8. The third-order valence-corrected chi connectivity index (χ3v) is 3.17. The van der Waals surface area contributed by atoms with Gasteiger partial charge in [0.25, 0.3) is 0 Å². The van der Waals surface area contributed by atoms with Crippen LogP contribution in [0, 0.1) is 35.3 Å². The second kappa shape index (κ2) is 6.06. The molecular weight excluding hydrogens is 268 g/mol. The maximum atomic E-state index is 11.0. The van der Waals surface area contributed by atoms with Crippen LogP contribution in [0.25, 0.3) is 0 Å². The third kappa shape index (κ3) is 3.37. The zero-order valence-corrected chi connectivity index (χ0v) is 11.8. The fourth-order valence-corrected chi connectivity index (χ4v) is 1.97. The van der Waals surface area contributed by atoms with E-state index in [1.807, 2.05) is 13.8 Å². The van der Waals surface area contributed by atoms with E-state index in [2.05, 4.69) is 6.07 Å². The van der Waals surface area contributed by atoms with Crippen LogP contribution in [-0.2, 0) is 6.61 Å². The molecule has 0 N–H and O–H groups in total. The number of hydrogen-bond donors (Lipinski definition) is 0. The van der Waals surface area contributed by atoms with Crippen LogP contribution in [0.1, 0.15) is 22.3 Å². The summed E-state index contributed by atoms with van der Waals surface area (Å²) in [6.07, 6.45) is 0. The Morgan fingerprint density at radius 1 is 1.24 bits per heavy atom. The highest BCUT2D eigenvalue weighted by Gasteiger charge is 2.15. The van der Waals surface area contributed by atoms with E-state index in [-0.39, 0.29) is 18.0 Å². The lowest BCUT2D eigenvalue weighted by Gasteiger charge is -2.10. The van der Waals surface area contributed by atoms with Crippen LogP contribution in [0.15, 0.2) is 36.4 Å². The molecule has 0 fully saturated rings. The predicted octanol–water partition coefficient (Wildman–Crippen LogP) is 3.66. The number of nitrogens with zero attached hydrogens (tertiary/aromatic N) is 2. The molecule has 2 rings (SSSR count). The molecule has 106 valence electrons. The Morgan fingerprint density at radius 3 is 2.62 bits per heavy atom. The number of nitro benzene ring substituents is 1. The number of aryl methyl sites for hydroxylation is 2. The summed E-state index contributed by atoms with van der Waals surface area (Å²) in [7, 11) is 0. The Bertz CT molecular complexity index is 733. The molecule has 2 aromatic rings. The molecule has 0 aliphatic heterocycles. The van der Waals surface area contributed by atoms with E-state index in [9.17, 15) is 10.1 Å². The van der Waals surface area contributed by atoms with Gasteiger partial charge in [0.15, 0.2) is 5.75 Å². The normalized spacial score (nSPS) is 9.95. The van der Waals surface area contributed by atoms with E-state index in [0.717, 1.165) is 16.7 Å². The van der Waals surface area contributed by atoms with E-state index >= 15 is 0 Å². The van der Waals surface area contributed by atoms with Gasteiger partial charge >= 0.3 is 5.69 Å². The SMILES string of the molecule is Cc1ccc([N+](=O)[O-])c(OCc2ccc(C#N)cc2C)c1. The van der Waals surface area contributed by atoms with Gasteiger partial charge in [-0.25, -0.2) is 0 Å². The minimum atomic E-state index is -0.458. The van der Waals surface area contributed by atoms with Crippen molar-refractivity contribution < 1.29 is 9.66 Å². The van der Waals surface area contributed by atoms with Crippen molar-refractivity contribution in [3.63, 3.8) is 0 Å². The van der Waals surface area contributed by atoms with E-state index in [4.69, 9.17) is 10.00 Å². The van der Waals surface area contributed by atoms with Gasteiger partial charge in [0.05, 0.1) is 16.6 Å². The predicted molar refractivity (Wildman–Crippen MR) is 78.1 cm³/mol. The lowest BCUT2D eigenvalue weighted by Crippen LogP contribution is -2.01. The van der Waals surface area contributed by atoms with Crippen molar-refractivity contribution >= 4 is 5.69 Å². The van der Waals surface area contributed by atoms with Crippen molar-refractivity contribution in [2.75, 3.05) is 0 Å². The fourth-order valence-electron chi connectivity index (χ4n) is 1.97. The molecule has 0 saturated carbocycles. The first-order chi connectivity index (χ1) is 10.0. The molecule has 5 heteroatoms. The Kier molecular flexibility index (Phi) is 4.19.